The molecule has 6 nitrogen and oxygen atoms in total. The minimum Gasteiger partial charge on any atom is -0.386 e. The van der Waals surface area contributed by atoms with E-state index < -0.39 is 6.10 Å². The summed E-state index contributed by atoms with van der Waals surface area (Å²) in [7, 11) is 0. The van der Waals surface area contributed by atoms with Crippen LogP contribution in [0.1, 0.15) is 41.8 Å². The number of carbonyl (C=O) groups is 1. The van der Waals surface area contributed by atoms with E-state index in [0.717, 1.165) is 36.2 Å². The quantitative estimate of drug-likeness (QED) is 0.925. The maximum atomic E-state index is 11.7. The molecule has 1 aliphatic carbocycles. The largest absolute Gasteiger partial charge is 0.386 e. The maximum absolute atomic E-state index is 11.7. The first-order valence-electron chi connectivity index (χ1n) is 7.67. The molecule has 4 rings (SSSR count). The lowest BCUT2D eigenvalue weighted by atomic mass is 10.1. The van der Waals surface area contributed by atoms with E-state index in [1.54, 1.807) is 4.68 Å². The Morgan fingerprint density at radius 3 is 2.95 bits per heavy atom. The molecular formula is C16H18N4O2. The molecule has 1 aromatic carbocycles. The molecule has 1 N–H and O–H groups in total. The predicted octanol–water partition coefficient (Wildman–Crippen LogP) is 1.23. The lowest BCUT2D eigenvalue weighted by Gasteiger charge is -2.15. The van der Waals surface area contributed by atoms with Gasteiger partial charge in [0.1, 0.15) is 11.8 Å². The average Bonchev–Trinajstić information content (AvgIpc) is 3.21. The normalized spacial score (nSPS) is 24.0. The lowest BCUT2D eigenvalue weighted by molar-refractivity contribution is -0.128. The van der Waals surface area contributed by atoms with Crippen LogP contribution < -0.4 is 0 Å². The Balaban J connectivity index is 1.52. The highest BCUT2D eigenvalue weighted by Crippen LogP contribution is 2.38. The smallest absolute Gasteiger partial charge is 0.222 e. The molecule has 1 aromatic heterocycles. The minimum atomic E-state index is -0.556. The van der Waals surface area contributed by atoms with Gasteiger partial charge in [0, 0.05) is 13.0 Å². The van der Waals surface area contributed by atoms with Gasteiger partial charge in [-0.25, -0.2) is 4.68 Å². The number of aliphatic hydroxyl groups is 1. The Labute approximate surface area is 128 Å². The molecule has 0 saturated carbocycles. The van der Waals surface area contributed by atoms with Crippen LogP contribution in [0.5, 0.6) is 0 Å². The van der Waals surface area contributed by atoms with Crippen LogP contribution in [0.3, 0.4) is 0 Å². The van der Waals surface area contributed by atoms with Gasteiger partial charge >= 0.3 is 0 Å². The van der Waals surface area contributed by atoms with Crippen LogP contribution in [-0.4, -0.2) is 37.5 Å². The number of nitrogens with zero attached hydrogens (tertiary/aromatic N) is 4. The van der Waals surface area contributed by atoms with Gasteiger partial charge in [-0.3, -0.25) is 4.79 Å². The Kier molecular flexibility index (Phi) is 3.18. The molecule has 2 aliphatic rings. The molecular weight excluding hydrogens is 280 g/mol. The highest BCUT2D eigenvalue weighted by atomic mass is 16.3. The summed E-state index contributed by atoms with van der Waals surface area (Å²) < 4.78 is 1.74. The van der Waals surface area contributed by atoms with Crippen molar-refractivity contribution in [1.82, 2.24) is 19.9 Å². The number of aromatic nitrogens is 3. The summed E-state index contributed by atoms with van der Waals surface area (Å²) in [6, 6.07) is 7.81. The summed E-state index contributed by atoms with van der Waals surface area (Å²) in [4.78, 5) is 13.5. The van der Waals surface area contributed by atoms with Gasteiger partial charge in [0.05, 0.1) is 18.8 Å². The Hall–Kier alpha value is -2.21. The van der Waals surface area contributed by atoms with E-state index in [-0.39, 0.29) is 11.9 Å². The van der Waals surface area contributed by atoms with Crippen molar-refractivity contribution in [2.45, 2.75) is 38.0 Å². The second-order valence-electron chi connectivity index (χ2n) is 6.02. The molecule has 6 heteroatoms. The molecule has 1 amide bonds. The summed E-state index contributed by atoms with van der Waals surface area (Å²) in [5.41, 5.74) is 2.91. The molecule has 2 aromatic rings. The van der Waals surface area contributed by atoms with Crippen molar-refractivity contribution >= 4 is 5.91 Å². The number of rotatable bonds is 3. The first-order valence-corrected chi connectivity index (χ1v) is 7.67. The van der Waals surface area contributed by atoms with Crippen molar-refractivity contribution in [3.63, 3.8) is 0 Å². The summed E-state index contributed by atoms with van der Waals surface area (Å²) in [5, 5.41) is 18.8. The Bertz CT molecular complexity index is 712. The topological polar surface area (TPSA) is 71.2 Å². The van der Waals surface area contributed by atoms with E-state index >= 15 is 0 Å². The molecule has 1 saturated heterocycles. The predicted molar refractivity (Wildman–Crippen MR) is 78.8 cm³/mol. The third-order valence-electron chi connectivity index (χ3n) is 4.59. The van der Waals surface area contributed by atoms with Crippen molar-refractivity contribution in [2.24, 2.45) is 0 Å². The molecule has 22 heavy (non-hydrogen) atoms. The molecule has 2 heterocycles. The van der Waals surface area contributed by atoms with Crippen molar-refractivity contribution in [3.8, 4) is 0 Å². The average molecular weight is 298 g/mol. The Morgan fingerprint density at radius 1 is 1.32 bits per heavy atom. The molecule has 2 unspecified atom stereocenters. The summed E-state index contributed by atoms with van der Waals surface area (Å²) in [6.45, 7) is 1.30. The number of likely N-dealkylation sites (tertiary alicyclic amines) is 1. The van der Waals surface area contributed by atoms with Crippen molar-refractivity contribution < 1.29 is 9.90 Å². The number of hydrogen-bond acceptors (Lipinski definition) is 4. The fourth-order valence-electron chi connectivity index (χ4n) is 3.41. The SMILES string of the molecule is O=C1CCCN1Cc1cn(C2Cc3ccccc3C2O)nn1. The molecule has 0 spiro atoms. The zero-order chi connectivity index (χ0) is 15.1. The van der Waals surface area contributed by atoms with Crippen LogP contribution in [0, 0.1) is 0 Å². The monoisotopic (exact) mass is 298 g/mol. The fraction of sp³-hybridized carbons (Fsp3) is 0.438. The highest BCUT2D eigenvalue weighted by Gasteiger charge is 2.33. The Morgan fingerprint density at radius 2 is 2.18 bits per heavy atom. The number of amides is 1. The summed E-state index contributed by atoms with van der Waals surface area (Å²) in [5.74, 6) is 0.183. The molecule has 114 valence electrons. The van der Waals surface area contributed by atoms with Gasteiger partial charge in [-0.2, -0.15) is 0 Å². The van der Waals surface area contributed by atoms with E-state index in [4.69, 9.17) is 0 Å². The van der Waals surface area contributed by atoms with Crippen LogP contribution in [0.15, 0.2) is 30.5 Å². The van der Waals surface area contributed by atoms with Gasteiger partial charge in [0.2, 0.25) is 5.91 Å². The molecule has 0 bridgehead atoms. The van der Waals surface area contributed by atoms with Gasteiger partial charge in [-0.15, -0.1) is 5.10 Å². The summed E-state index contributed by atoms with van der Waals surface area (Å²) >= 11 is 0. The van der Waals surface area contributed by atoms with Crippen LogP contribution in [0.4, 0.5) is 0 Å². The number of aliphatic hydroxyl groups excluding tert-OH is 1. The third kappa shape index (κ3) is 2.20. The highest BCUT2D eigenvalue weighted by molar-refractivity contribution is 5.77. The lowest BCUT2D eigenvalue weighted by Crippen LogP contribution is -2.24. The van der Waals surface area contributed by atoms with Gasteiger partial charge in [0.15, 0.2) is 0 Å². The minimum absolute atomic E-state index is 0.118. The van der Waals surface area contributed by atoms with E-state index in [0.29, 0.717) is 13.0 Å². The standard InChI is InChI=1S/C16H18N4O2/c21-15-6-3-7-19(15)9-12-10-20(18-17-12)14-8-11-4-1-2-5-13(11)16(14)22/h1-2,4-5,10,14,16,22H,3,6-9H2. The number of carbonyl (C=O) groups excluding carboxylic acids is 1. The number of benzene rings is 1. The van der Waals surface area contributed by atoms with E-state index in [1.807, 2.05) is 35.4 Å². The molecule has 2 atom stereocenters. The van der Waals surface area contributed by atoms with Gasteiger partial charge < -0.3 is 10.0 Å². The van der Waals surface area contributed by atoms with Crippen LogP contribution in [0.2, 0.25) is 0 Å². The molecule has 1 aliphatic heterocycles. The second-order valence-corrected chi connectivity index (χ2v) is 6.02. The van der Waals surface area contributed by atoms with E-state index in [9.17, 15) is 9.90 Å². The molecule has 0 radical (unpaired) electrons. The molecule has 1 fully saturated rings. The van der Waals surface area contributed by atoms with Crippen LogP contribution >= 0.6 is 0 Å². The maximum Gasteiger partial charge on any atom is 0.222 e. The third-order valence-corrected chi connectivity index (χ3v) is 4.59. The van der Waals surface area contributed by atoms with E-state index in [2.05, 4.69) is 10.3 Å². The van der Waals surface area contributed by atoms with Crippen LogP contribution in [0.25, 0.3) is 0 Å². The first-order chi connectivity index (χ1) is 10.7. The van der Waals surface area contributed by atoms with Gasteiger partial charge in [0.25, 0.3) is 0 Å². The van der Waals surface area contributed by atoms with Crippen LogP contribution in [-0.2, 0) is 17.8 Å². The zero-order valence-electron chi connectivity index (χ0n) is 12.2. The first kappa shape index (κ1) is 13.5. The number of fused-ring (bicyclic) bond motifs is 1. The van der Waals surface area contributed by atoms with Gasteiger partial charge in [-0.1, -0.05) is 29.5 Å². The number of hydrogen-bond donors (Lipinski definition) is 1. The fourth-order valence-corrected chi connectivity index (χ4v) is 3.41. The van der Waals surface area contributed by atoms with Gasteiger partial charge in [-0.05, 0) is 24.0 Å². The zero-order valence-corrected chi connectivity index (χ0v) is 12.2. The van der Waals surface area contributed by atoms with Crippen molar-refractivity contribution in [3.05, 3.63) is 47.3 Å². The van der Waals surface area contributed by atoms with Crippen molar-refractivity contribution in [1.29, 1.82) is 0 Å². The van der Waals surface area contributed by atoms with Crippen molar-refractivity contribution in [2.75, 3.05) is 6.54 Å². The second kappa shape index (κ2) is 5.21. The van der Waals surface area contributed by atoms with E-state index in [1.165, 1.54) is 0 Å². The summed E-state index contributed by atoms with van der Waals surface area (Å²) in [6.07, 6.45) is 3.60.